The van der Waals surface area contributed by atoms with Crippen molar-refractivity contribution >= 4 is 0 Å². The van der Waals surface area contributed by atoms with Gasteiger partial charge in [-0.05, 0) is 25.3 Å². The maximum absolute atomic E-state index is 5.23. The Morgan fingerprint density at radius 1 is 1.47 bits per heavy atom. The summed E-state index contributed by atoms with van der Waals surface area (Å²) in [6, 6.07) is 0.309. The van der Waals surface area contributed by atoms with E-state index in [-0.39, 0.29) is 0 Å². The number of nitrogens with zero attached hydrogens (tertiary/aromatic N) is 2. The van der Waals surface area contributed by atoms with Crippen LogP contribution in [0.25, 0.3) is 0 Å². The molecule has 0 spiro atoms. The summed E-state index contributed by atoms with van der Waals surface area (Å²) in [4.78, 5) is 4.43. The largest absolute Gasteiger partial charge is 0.339 e. The second kappa shape index (κ2) is 4.75. The zero-order valence-electron chi connectivity index (χ0n) is 9.49. The molecule has 1 fully saturated rings. The molecule has 0 radical (unpaired) electrons. The minimum Gasteiger partial charge on any atom is -0.339 e. The monoisotopic (exact) mass is 209 g/mol. The van der Waals surface area contributed by atoms with Gasteiger partial charge in [0.15, 0.2) is 5.82 Å². The standard InChI is InChI=1S/C11H19N3O/c1-8(2)7-10-13-11(14-15-10)9-5-3-4-6-12-9/h8-9,12H,3-7H2,1-2H3/t9-/m1/s1. The molecule has 1 aliphatic rings. The molecular formula is C11H19N3O. The first-order chi connectivity index (χ1) is 7.25. The molecule has 1 N–H and O–H groups in total. The number of piperidine rings is 1. The zero-order chi connectivity index (χ0) is 10.7. The highest BCUT2D eigenvalue weighted by Gasteiger charge is 2.20. The van der Waals surface area contributed by atoms with Crippen LogP contribution in [-0.2, 0) is 6.42 Å². The Labute approximate surface area is 90.4 Å². The van der Waals surface area contributed by atoms with Gasteiger partial charge in [-0.25, -0.2) is 0 Å². The Morgan fingerprint density at radius 2 is 2.33 bits per heavy atom. The summed E-state index contributed by atoms with van der Waals surface area (Å²) in [7, 11) is 0. The molecule has 4 nitrogen and oxygen atoms in total. The molecule has 0 aliphatic carbocycles. The molecule has 2 heterocycles. The number of nitrogens with one attached hydrogen (secondary N) is 1. The van der Waals surface area contributed by atoms with Gasteiger partial charge in [-0.1, -0.05) is 25.4 Å². The summed E-state index contributed by atoms with van der Waals surface area (Å²) in [5.41, 5.74) is 0. The predicted octanol–water partition coefficient (Wildman–Crippen LogP) is 2.08. The second-order valence-corrected chi connectivity index (χ2v) is 4.65. The molecule has 1 aromatic rings. The van der Waals surface area contributed by atoms with Gasteiger partial charge in [0.1, 0.15) is 0 Å². The number of rotatable bonds is 3. The van der Waals surface area contributed by atoms with Gasteiger partial charge in [0.25, 0.3) is 0 Å². The van der Waals surface area contributed by atoms with E-state index in [1.54, 1.807) is 0 Å². The van der Waals surface area contributed by atoms with E-state index in [0.717, 1.165) is 31.1 Å². The van der Waals surface area contributed by atoms with Crippen LogP contribution in [-0.4, -0.2) is 16.7 Å². The lowest BCUT2D eigenvalue weighted by molar-refractivity contribution is 0.341. The smallest absolute Gasteiger partial charge is 0.226 e. The Kier molecular flexibility index (Phi) is 3.36. The van der Waals surface area contributed by atoms with E-state index in [4.69, 9.17) is 4.52 Å². The first kappa shape index (κ1) is 10.6. The van der Waals surface area contributed by atoms with Gasteiger partial charge in [-0.3, -0.25) is 0 Å². The van der Waals surface area contributed by atoms with Crippen molar-refractivity contribution in [3.05, 3.63) is 11.7 Å². The normalized spacial score (nSPS) is 22.2. The van der Waals surface area contributed by atoms with Crippen molar-refractivity contribution in [3.8, 4) is 0 Å². The molecule has 0 aromatic carbocycles. The maximum atomic E-state index is 5.23. The van der Waals surface area contributed by atoms with Crippen LogP contribution in [0.4, 0.5) is 0 Å². The van der Waals surface area contributed by atoms with Gasteiger partial charge in [-0.2, -0.15) is 4.98 Å². The average Bonchev–Trinajstić information content (AvgIpc) is 2.67. The van der Waals surface area contributed by atoms with Gasteiger partial charge in [0, 0.05) is 6.42 Å². The third-order valence-electron chi connectivity index (χ3n) is 2.69. The zero-order valence-corrected chi connectivity index (χ0v) is 9.49. The summed E-state index contributed by atoms with van der Waals surface area (Å²) < 4.78 is 5.23. The molecule has 84 valence electrons. The summed E-state index contributed by atoms with van der Waals surface area (Å²) in [5, 5.41) is 7.46. The fourth-order valence-electron chi connectivity index (χ4n) is 1.91. The van der Waals surface area contributed by atoms with Crippen molar-refractivity contribution in [2.45, 2.75) is 45.6 Å². The van der Waals surface area contributed by atoms with Crippen LogP contribution in [0.3, 0.4) is 0 Å². The Balaban J connectivity index is 1.99. The van der Waals surface area contributed by atoms with Gasteiger partial charge in [0.2, 0.25) is 5.89 Å². The highest BCUT2D eigenvalue weighted by molar-refractivity contribution is 4.96. The molecule has 4 heteroatoms. The SMILES string of the molecule is CC(C)Cc1nc([C@H]2CCCCN2)no1. The van der Waals surface area contributed by atoms with E-state index in [9.17, 15) is 0 Å². The topological polar surface area (TPSA) is 51.0 Å². The highest BCUT2D eigenvalue weighted by Crippen LogP contribution is 2.20. The maximum Gasteiger partial charge on any atom is 0.226 e. The molecule has 1 saturated heterocycles. The lowest BCUT2D eigenvalue weighted by atomic mass is 10.0. The van der Waals surface area contributed by atoms with E-state index in [2.05, 4.69) is 29.3 Å². The van der Waals surface area contributed by atoms with E-state index in [1.807, 2.05) is 0 Å². The lowest BCUT2D eigenvalue weighted by Gasteiger charge is -2.19. The molecule has 1 aromatic heterocycles. The van der Waals surface area contributed by atoms with Crippen LogP contribution in [0, 0.1) is 5.92 Å². The number of aromatic nitrogens is 2. The van der Waals surface area contributed by atoms with Crippen molar-refractivity contribution in [2.75, 3.05) is 6.54 Å². The Hall–Kier alpha value is -0.900. The van der Waals surface area contributed by atoms with Gasteiger partial charge in [0.05, 0.1) is 6.04 Å². The summed E-state index contributed by atoms with van der Waals surface area (Å²) in [6.45, 7) is 5.38. The minimum absolute atomic E-state index is 0.309. The average molecular weight is 209 g/mol. The molecular weight excluding hydrogens is 190 g/mol. The van der Waals surface area contributed by atoms with Crippen molar-refractivity contribution < 1.29 is 4.52 Å². The fourth-order valence-corrected chi connectivity index (χ4v) is 1.91. The lowest BCUT2D eigenvalue weighted by Crippen LogP contribution is -2.27. The summed E-state index contributed by atoms with van der Waals surface area (Å²) in [5.74, 6) is 2.18. The quantitative estimate of drug-likeness (QED) is 0.828. The molecule has 15 heavy (non-hydrogen) atoms. The molecule has 0 unspecified atom stereocenters. The van der Waals surface area contributed by atoms with E-state index in [0.29, 0.717) is 12.0 Å². The third-order valence-corrected chi connectivity index (χ3v) is 2.69. The van der Waals surface area contributed by atoms with E-state index in [1.165, 1.54) is 12.8 Å². The van der Waals surface area contributed by atoms with Crippen LogP contribution >= 0.6 is 0 Å². The second-order valence-electron chi connectivity index (χ2n) is 4.65. The van der Waals surface area contributed by atoms with Crippen molar-refractivity contribution in [2.24, 2.45) is 5.92 Å². The molecule has 1 atom stereocenters. The molecule has 0 saturated carbocycles. The predicted molar refractivity (Wildman–Crippen MR) is 57.4 cm³/mol. The Bertz CT molecular complexity index is 303. The first-order valence-corrected chi connectivity index (χ1v) is 5.81. The van der Waals surface area contributed by atoms with Gasteiger partial charge < -0.3 is 9.84 Å². The van der Waals surface area contributed by atoms with Gasteiger partial charge in [-0.15, -0.1) is 0 Å². The molecule has 0 amide bonds. The summed E-state index contributed by atoms with van der Waals surface area (Å²) in [6.07, 6.45) is 4.51. The van der Waals surface area contributed by atoms with E-state index >= 15 is 0 Å². The fraction of sp³-hybridized carbons (Fsp3) is 0.818. The number of hydrogen-bond donors (Lipinski definition) is 1. The van der Waals surface area contributed by atoms with E-state index < -0.39 is 0 Å². The van der Waals surface area contributed by atoms with Crippen molar-refractivity contribution in [1.82, 2.24) is 15.5 Å². The van der Waals surface area contributed by atoms with Gasteiger partial charge >= 0.3 is 0 Å². The van der Waals surface area contributed by atoms with Crippen LogP contribution in [0.5, 0.6) is 0 Å². The highest BCUT2D eigenvalue weighted by atomic mass is 16.5. The molecule has 1 aliphatic heterocycles. The number of hydrogen-bond acceptors (Lipinski definition) is 4. The van der Waals surface area contributed by atoms with Crippen molar-refractivity contribution in [3.63, 3.8) is 0 Å². The van der Waals surface area contributed by atoms with Crippen LogP contribution in [0.2, 0.25) is 0 Å². The minimum atomic E-state index is 0.309. The van der Waals surface area contributed by atoms with Crippen molar-refractivity contribution in [1.29, 1.82) is 0 Å². The van der Waals surface area contributed by atoms with Crippen LogP contribution < -0.4 is 5.32 Å². The van der Waals surface area contributed by atoms with Crippen LogP contribution in [0.15, 0.2) is 4.52 Å². The summed E-state index contributed by atoms with van der Waals surface area (Å²) >= 11 is 0. The first-order valence-electron chi connectivity index (χ1n) is 5.81. The molecule has 0 bridgehead atoms. The van der Waals surface area contributed by atoms with Crippen LogP contribution in [0.1, 0.15) is 50.9 Å². The molecule has 2 rings (SSSR count). The Morgan fingerprint density at radius 3 is 3.00 bits per heavy atom. The third kappa shape index (κ3) is 2.78.